The zero-order chi connectivity index (χ0) is 17.9. The second kappa shape index (κ2) is 11.5. The summed E-state index contributed by atoms with van der Waals surface area (Å²) in [5, 5.41) is 0. The van der Waals surface area contributed by atoms with Crippen LogP contribution in [0.5, 0.6) is 0 Å². The van der Waals surface area contributed by atoms with Crippen molar-refractivity contribution in [1.82, 2.24) is 0 Å². The van der Waals surface area contributed by atoms with E-state index in [4.69, 9.17) is 9.47 Å². The Balaban J connectivity index is 5.38. The van der Waals surface area contributed by atoms with Gasteiger partial charge >= 0.3 is 11.9 Å². The quantitative estimate of drug-likeness (QED) is 0.383. The van der Waals surface area contributed by atoms with Crippen LogP contribution < -0.4 is 0 Å². The Labute approximate surface area is 142 Å². The van der Waals surface area contributed by atoms with Crippen LogP contribution in [0.4, 0.5) is 0 Å². The van der Waals surface area contributed by atoms with Crippen LogP contribution in [0.15, 0.2) is 0 Å². The lowest BCUT2D eigenvalue weighted by Gasteiger charge is -2.30. The van der Waals surface area contributed by atoms with E-state index in [2.05, 4.69) is 27.7 Å². The summed E-state index contributed by atoms with van der Waals surface area (Å²) in [6.07, 6.45) is 4.12. The molecule has 0 N–H and O–H groups in total. The van der Waals surface area contributed by atoms with Gasteiger partial charge in [-0.1, -0.05) is 41.5 Å². The molecule has 0 rings (SSSR count). The van der Waals surface area contributed by atoms with Crippen molar-refractivity contribution in [2.75, 3.05) is 13.2 Å². The summed E-state index contributed by atoms with van der Waals surface area (Å²) in [4.78, 5) is 25.5. The minimum Gasteiger partial charge on any atom is -0.465 e. The van der Waals surface area contributed by atoms with Gasteiger partial charge in [0.1, 0.15) is 0 Å². The molecule has 0 aromatic rings. The van der Waals surface area contributed by atoms with Crippen LogP contribution in [-0.4, -0.2) is 25.2 Å². The van der Waals surface area contributed by atoms with Crippen LogP contribution in [0.1, 0.15) is 80.1 Å². The van der Waals surface area contributed by atoms with Gasteiger partial charge in [-0.25, -0.2) is 0 Å². The van der Waals surface area contributed by atoms with Crippen molar-refractivity contribution in [2.45, 2.75) is 80.1 Å². The number of hydrogen-bond acceptors (Lipinski definition) is 4. The molecular weight excluding hydrogens is 292 g/mol. The number of rotatable bonds is 12. The molecule has 0 aromatic heterocycles. The first-order chi connectivity index (χ1) is 10.8. The highest BCUT2D eigenvalue weighted by Crippen LogP contribution is 2.36. The molecule has 0 amide bonds. The molecule has 4 heteroatoms. The van der Waals surface area contributed by atoms with Gasteiger partial charge in [0.05, 0.1) is 13.2 Å². The summed E-state index contributed by atoms with van der Waals surface area (Å²) in [5.74, 6) is 0.0428. The molecule has 4 nitrogen and oxygen atoms in total. The van der Waals surface area contributed by atoms with E-state index in [-0.39, 0.29) is 0 Å². The monoisotopic (exact) mass is 328 g/mol. The van der Waals surface area contributed by atoms with Gasteiger partial charge in [0.15, 0.2) is 5.41 Å². The number of ether oxygens (including phenoxy) is 2. The van der Waals surface area contributed by atoms with Gasteiger partial charge in [-0.15, -0.1) is 0 Å². The maximum Gasteiger partial charge on any atom is 0.323 e. The highest BCUT2D eigenvalue weighted by molar-refractivity contribution is 6.00. The summed E-state index contributed by atoms with van der Waals surface area (Å²) in [6, 6.07) is 0. The minimum atomic E-state index is -1.14. The predicted octanol–water partition coefficient (Wildman–Crippen LogP) is 4.75. The van der Waals surface area contributed by atoms with Crippen LogP contribution in [-0.2, 0) is 19.1 Å². The molecule has 0 atom stereocenters. The van der Waals surface area contributed by atoms with Gasteiger partial charge in [-0.05, 0) is 50.4 Å². The SMILES string of the molecule is CCCOC(=O)C(CCC(C)C)(CCC(C)C)C(=O)OCCC. The maximum atomic E-state index is 12.7. The molecule has 23 heavy (non-hydrogen) atoms. The third kappa shape index (κ3) is 7.85. The standard InChI is InChI=1S/C19H36O4/c1-7-13-22-17(20)19(11-9-15(3)4,12-10-16(5)6)18(21)23-14-8-2/h15-16H,7-14H2,1-6H3. The van der Waals surface area contributed by atoms with Gasteiger partial charge in [0.2, 0.25) is 0 Å². The smallest absolute Gasteiger partial charge is 0.323 e. The van der Waals surface area contributed by atoms with E-state index in [9.17, 15) is 9.59 Å². The fraction of sp³-hybridized carbons (Fsp3) is 0.895. The molecule has 0 aliphatic carbocycles. The first-order valence-corrected chi connectivity index (χ1v) is 9.14. The Morgan fingerprint density at radius 1 is 0.783 bits per heavy atom. The molecule has 0 unspecified atom stereocenters. The minimum absolute atomic E-state index is 0.352. The van der Waals surface area contributed by atoms with Gasteiger partial charge in [-0.3, -0.25) is 9.59 Å². The third-order valence-corrected chi connectivity index (χ3v) is 3.95. The Kier molecular flexibility index (Phi) is 10.9. The molecular formula is C19H36O4. The lowest BCUT2D eigenvalue weighted by atomic mass is 9.76. The van der Waals surface area contributed by atoms with Crippen molar-refractivity contribution in [3.63, 3.8) is 0 Å². The predicted molar refractivity (Wildman–Crippen MR) is 93.1 cm³/mol. The number of carbonyl (C=O) groups excluding carboxylic acids is 2. The number of carbonyl (C=O) groups is 2. The van der Waals surface area contributed by atoms with E-state index in [1.807, 2.05) is 13.8 Å². The van der Waals surface area contributed by atoms with Gasteiger partial charge in [-0.2, -0.15) is 0 Å². The lowest BCUT2D eigenvalue weighted by Crippen LogP contribution is -2.43. The van der Waals surface area contributed by atoms with Gasteiger partial charge < -0.3 is 9.47 Å². The van der Waals surface area contributed by atoms with E-state index in [0.717, 1.165) is 25.7 Å². The summed E-state index contributed by atoms with van der Waals surface area (Å²) in [7, 11) is 0. The molecule has 0 fully saturated rings. The lowest BCUT2D eigenvalue weighted by molar-refractivity contribution is -0.174. The van der Waals surface area contributed by atoms with Crippen LogP contribution in [0.2, 0.25) is 0 Å². The number of hydrogen-bond donors (Lipinski definition) is 0. The largest absolute Gasteiger partial charge is 0.465 e. The zero-order valence-corrected chi connectivity index (χ0v) is 15.9. The highest BCUT2D eigenvalue weighted by atomic mass is 16.6. The second-order valence-corrected chi connectivity index (χ2v) is 7.22. The maximum absolute atomic E-state index is 12.7. The zero-order valence-electron chi connectivity index (χ0n) is 15.9. The highest BCUT2D eigenvalue weighted by Gasteiger charge is 2.48. The topological polar surface area (TPSA) is 52.6 Å². The summed E-state index contributed by atoms with van der Waals surface area (Å²) in [5.41, 5.74) is -1.14. The van der Waals surface area contributed by atoms with Crippen molar-refractivity contribution in [2.24, 2.45) is 17.3 Å². The van der Waals surface area contributed by atoms with Crippen molar-refractivity contribution >= 4 is 11.9 Å². The molecule has 0 heterocycles. The molecule has 0 aliphatic heterocycles. The average molecular weight is 328 g/mol. The Morgan fingerprint density at radius 2 is 1.13 bits per heavy atom. The Hall–Kier alpha value is -1.06. The summed E-state index contributed by atoms with van der Waals surface area (Å²) < 4.78 is 10.8. The molecule has 0 aliphatic rings. The van der Waals surface area contributed by atoms with Gasteiger partial charge in [0.25, 0.3) is 0 Å². The van der Waals surface area contributed by atoms with Crippen LogP contribution >= 0.6 is 0 Å². The van der Waals surface area contributed by atoms with E-state index in [1.165, 1.54) is 0 Å². The van der Waals surface area contributed by atoms with E-state index < -0.39 is 17.4 Å². The summed E-state index contributed by atoms with van der Waals surface area (Å²) >= 11 is 0. The molecule has 0 saturated heterocycles. The van der Waals surface area contributed by atoms with Crippen molar-refractivity contribution in [1.29, 1.82) is 0 Å². The fourth-order valence-corrected chi connectivity index (χ4v) is 2.35. The van der Waals surface area contributed by atoms with Gasteiger partial charge in [0, 0.05) is 0 Å². The summed E-state index contributed by atoms with van der Waals surface area (Å²) in [6.45, 7) is 13.0. The van der Waals surface area contributed by atoms with E-state index in [0.29, 0.717) is 37.9 Å². The van der Waals surface area contributed by atoms with Crippen molar-refractivity contribution < 1.29 is 19.1 Å². The molecule has 0 bridgehead atoms. The Morgan fingerprint density at radius 3 is 1.39 bits per heavy atom. The van der Waals surface area contributed by atoms with Crippen LogP contribution in [0.25, 0.3) is 0 Å². The molecule has 0 aromatic carbocycles. The molecule has 136 valence electrons. The fourth-order valence-electron chi connectivity index (χ4n) is 2.35. The van der Waals surface area contributed by atoms with Crippen LogP contribution in [0.3, 0.4) is 0 Å². The second-order valence-electron chi connectivity index (χ2n) is 7.22. The van der Waals surface area contributed by atoms with Crippen LogP contribution in [0, 0.1) is 17.3 Å². The first-order valence-electron chi connectivity index (χ1n) is 9.14. The Bertz CT molecular complexity index is 313. The molecule has 0 spiro atoms. The third-order valence-electron chi connectivity index (χ3n) is 3.95. The number of esters is 2. The van der Waals surface area contributed by atoms with Crippen molar-refractivity contribution in [3.8, 4) is 0 Å². The van der Waals surface area contributed by atoms with E-state index >= 15 is 0 Å². The molecule has 0 radical (unpaired) electrons. The van der Waals surface area contributed by atoms with Crippen molar-refractivity contribution in [3.05, 3.63) is 0 Å². The van der Waals surface area contributed by atoms with E-state index in [1.54, 1.807) is 0 Å². The normalized spacial score (nSPS) is 11.8. The first kappa shape index (κ1) is 21.9. The average Bonchev–Trinajstić information content (AvgIpc) is 2.50. The molecule has 0 saturated carbocycles.